The second-order valence-electron chi connectivity index (χ2n) is 6.22. The highest BCUT2D eigenvalue weighted by atomic mass is 32.2. The van der Waals surface area contributed by atoms with Crippen molar-refractivity contribution in [1.82, 2.24) is 4.98 Å². The van der Waals surface area contributed by atoms with Gasteiger partial charge in [-0.1, -0.05) is 12.1 Å². The van der Waals surface area contributed by atoms with Crippen LogP contribution in [-0.4, -0.2) is 32.7 Å². The van der Waals surface area contributed by atoms with Crippen molar-refractivity contribution in [3.63, 3.8) is 0 Å². The molecule has 3 aromatic rings. The lowest BCUT2D eigenvalue weighted by Gasteiger charge is -2.12. The predicted octanol–water partition coefficient (Wildman–Crippen LogP) is 3.45. The van der Waals surface area contributed by atoms with Crippen molar-refractivity contribution < 1.29 is 22.7 Å². The Bertz CT molecular complexity index is 1120. The summed E-state index contributed by atoms with van der Waals surface area (Å²) in [6, 6.07) is 11.9. The Morgan fingerprint density at radius 1 is 1.07 bits per heavy atom. The molecule has 1 heterocycles. The topological polar surface area (TPSA) is 82.6 Å². The van der Waals surface area contributed by atoms with E-state index in [4.69, 9.17) is 4.74 Å². The molecule has 0 aliphatic rings. The van der Waals surface area contributed by atoms with Crippen molar-refractivity contribution in [2.45, 2.75) is 18.2 Å². The van der Waals surface area contributed by atoms with E-state index < -0.39 is 9.84 Å². The first kappa shape index (κ1) is 18.8. The fraction of sp³-hybridized carbons (Fsp3) is 0.200. The van der Waals surface area contributed by atoms with Crippen molar-refractivity contribution >= 4 is 26.7 Å². The molecule has 0 spiro atoms. The summed E-state index contributed by atoms with van der Waals surface area (Å²) in [6.45, 7) is 1.88. The van der Waals surface area contributed by atoms with Crippen molar-refractivity contribution in [1.29, 1.82) is 0 Å². The van der Waals surface area contributed by atoms with Gasteiger partial charge in [0.25, 0.3) is 0 Å². The van der Waals surface area contributed by atoms with Gasteiger partial charge in [-0.3, -0.25) is 9.78 Å². The first-order valence-electron chi connectivity index (χ1n) is 8.21. The first-order valence-corrected chi connectivity index (χ1v) is 10.1. The minimum absolute atomic E-state index is 0.188. The minimum Gasteiger partial charge on any atom is -0.469 e. The van der Waals surface area contributed by atoms with Gasteiger partial charge < -0.3 is 9.47 Å². The van der Waals surface area contributed by atoms with Crippen LogP contribution < -0.4 is 4.74 Å². The molecular formula is C20H19NO5S. The van der Waals surface area contributed by atoms with Crippen molar-refractivity contribution in [2.75, 3.05) is 13.4 Å². The Kier molecular flexibility index (Phi) is 5.14. The van der Waals surface area contributed by atoms with Gasteiger partial charge in [-0.2, -0.15) is 0 Å². The Hall–Kier alpha value is -2.93. The lowest BCUT2D eigenvalue weighted by Crippen LogP contribution is -2.04. The van der Waals surface area contributed by atoms with Gasteiger partial charge in [-0.15, -0.1) is 0 Å². The molecule has 0 bridgehead atoms. The molecule has 140 valence electrons. The average molecular weight is 385 g/mol. The van der Waals surface area contributed by atoms with E-state index in [2.05, 4.69) is 9.72 Å². The van der Waals surface area contributed by atoms with E-state index in [1.54, 1.807) is 36.5 Å². The highest BCUT2D eigenvalue weighted by molar-refractivity contribution is 7.90. The number of aromatic nitrogens is 1. The normalized spacial score (nSPS) is 11.4. The molecule has 7 heteroatoms. The third-order valence-electron chi connectivity index (χ3n) is 4.14. The van der Waals surface area contributed by atoms with E-state index in [1.165, 1.54) is 13.2 Å². The van der Waals surface area contributed by atoms with Crippen LogP contribution in [0.15, 0.2) is 53.6 Å². The molecule has 0 radical (unpaired) electrons. The largest absolute Gasteiger partial charge is 0.469 e. The minimum atomic E-state index is -3.34. The Morgan fingerprint density at radius 3 is 2.52 bits per heavy atom. The van der Waals surface area contributed by atoms with Gasteiger partial charge in [-0.05, 0) is 48.4 Å². The van der Waals surface area contributed by atoms with E-state index in [-0.39, 0.29) is 17.3 Å². The number of rotatable bonds is 5. The van der Waals surface area contributed by atoms with Crippen LogP contribution in [0.1, 0.15) is 11.1 Å². The number of methoxy groups -OCH3 is 1. The van der Waals surface area contributed by atoms with Crippen LogP contribution in [0.25, 0.3) is 10.9 Å². The molecule has 1 aromatic heterocycles. The van der Waals surface area contributed by atoms with Gasteiger partial charge in [-0.25, -0.2) is 8.42 Å². The molecule has 0 saturated heterocycles. The van der Waals surface area contributed by atoms with E-state index in [0.717, 1.165) is 17.4 Å². The summed E-state index contributed by atoms with van der Waals surface area (Å²) in [5.74, 6) is 0.812. The molecule has 0 unspecified atom stereocenters. The summed E-state index contributed by atoms with van der Waals surface area (Å²) in [5, 5.41) is 0.610. The van der Waals surface area contributed by atoms with Crippen LogP contribution in [0.2, 0.25) is 0 Å². The van der Waals surface area contributed by atoms with E-state index in [0.29, 0.717) is 22.4 Å². The number of aryl methyl sites for hydroxylation is 1. The summed E-state index contributed by atoms with van der Waals surface area (Å²) < 4.78 is 34.4. The van der Waals surface area contributed by atoms with Gasteiger partial charge in [0.05, 0.1) is 23.9 Å². The van der Waals surface area contributed by atoms with Crippen molar-refractivity contribution in [3.05, 3.63) is 59.8 Å². The number of sulfone groups is 1. The quantitative estimate of drug-likeness (QED) is 0.626. The summed E-state index contributed by atoms with van der Waals surface area (Å²) in [7, 11) is -1.99. The van der Waals surface area contributed by atoms with Crippen molar-refractivity contribution in [3.8, 4) is 11.5 Å². The standard InChI is InChI=1S/C20H19NO5S/c1-13-10-14(11-20(22)25-2)4-7-18(13)26-19-8-9-21-17-6-5-15(12-16(17)19)27(3,23)24/h4-10,12H,11H2,1-3H3. The zero-order valence-corrected chi connectivity index (χ0v) is 16.0. The molecule has 0 atom stereocenters. The smallest absolute Gasteiger partial charge is 0.309 e. The molecule has 27 heavy (non-hydrogen) atoms. The van der Waals surface area contributed by atoms with E-state index >= 15 is 0 Å². The maximum Gasteiger partial charge on any atom is 0.309 e. The second kappa shape index (κ2) is 7.36. The van der Waals surface area contributed by atoms with Crippen LogP contribution in [-0.2, 0) is 25.8 Å². The molecule has 0 saturated carbocycles. The van der Waals surface area contributed by atoms with E-state index in [9.17, 15) is 13.2 Å². The monoisotopic (exact) mass is 385 g/mol. The average Bonchev–Trinajstić information content (AvgIpc) is 2.63. The first-order chi connectivity index (χ1) is 12.8. The fourth-order valence-corrected chi connectivity index (χ4v) is 3.36. The number of fused-ring (bicyclic) bond motifs is 1. The summed E-state index contributed by atoms with van der Waals surface area (Å²) in [6.07, 6.45) is 2.96. The lowest BCUT2D eigenvalue weighted by atomic mass is 10.1. The molecule has 0 N–H and O–H groups in total. The summed E-state index contributed by atoms with van der Waals surface area (Å²) >= 11 is 0. The fourth-order valence-electron chi connectivity index (χ4n) is 2.71. The molecule has 0 aliphatic heterocycles. The third kappa shape index (κ3) is 4.25. The van der Waals surface area contributed by atoms with Crippen LogP contribution in [0, 0.1) is 6.92 Å². The molecule has 3 rings (SSSR count). The Labute approximate surface area is 157 Å². The molecule has 6 nitrogen and oxygen atoms in total. The van der Waals surface area contributed by atoms with Gasteiger partial charge in [0.15, 0.2) is 9.84 Å². The van der Waals surface area contributed by atoms with Crippen LogP contribution in [0.4, 0.5) is 0 Å². The number of nitrogens with zero attached hydrogens (tertiary/aromatic N) is 1. The summed E-state index contributed by atoms with van der Waals surface area (Å²) in [4.78, 5) is 15.9. The number of carbonyl (C=O) groups excluding carboxylic acids is 1. The lowest BCUT2D eigenvalue weighted by molar-refractivity contribution is -0.139. The predicted molar refractivity (Wildman–Crippen MR) is 102 cm³/mol. The Balaban J connectivity index is 1.98. The molecular weight excluding hydrogens is 366 g/mol. The SMILES string of the molecule is COC(=O)Cc1ccc(Oc2ccnc3ccc(S(C)(=O)=O)cc23)c(C)c1. The molecule has 0 aliphatic carbocycles. The number of hydrogen-bond donors (Lipinski definition) is 0. The molecule has 0 amide bonds. The number of esters is 1. The molecule has 0 fully saturated rings. The zero-order valence-electron chi connectivity index (χ0n) is 15.2. The third-order valence-corrected chi connectivity index (χ3v) is 5.25. The number of carbonyl (C=O) groups is 1. The van der Waals surface area contributed by atoms with Gasteiger partial charge >= 0.3 is 5.97 Å². The highest BCUT2D eigenvalue weighted by Crippen LogP contribution is 2.32. The van der Waals surface area contributed by atoms with Gasteiger partial charge in [0.2, 0.25) is 0 Å². The number of ether oxygens (including phenoxy) is 2. The summed E-state index contributed by atoms with van der Waals surface area (Å²) in [5.41, 5.74) is 2.31. The highest BCUT2D eigenvalue weighted by Gasteiger charge is 2.13. The Morgan fingerprint density at radius 2 is 1.85 bits per heavy atom. The second-order valence-corrected chi connectivity index (χ2v) is 8.23. The number of pyridine rings is 1. The molecule has 2 aromatic carbocycles. The van der Waals surface area contributed by atoms with Crippen LogP contribution >= 0.6 is 0 Å². The van der Waals surface area contributed by atoms with Crippen molar-refractivity contribution in [2.24, 2.45) is 0 Å². The van der Waals surface area contributed by atoms with Gasteiger partial charge in [0.1, 0.15) is 11.5 Å². The van der Waals surface area contributed by atoms with Crippen LogP contribution in [0.5, 0.6) is 11.5 Å². The number of benzene rings is 2. The maximum atomic E-state index is 11.9. The zero-order chi connectivity index (χ0) is 19.6. The van der Waals surface area contributed by atoms with E-state index in [1.807, 2.05) is 13.0 Å². The maximum absolute atomic E-state index is 11.9. The van der Waals surface area contributed by atoms with Crippen LogP contribution in [0.3, 0.4) is 0 Å². The van der Waals surface area contributed by atoms with Gasteiger partial charge in [0, 0.05) is 17.8 Å². The number of hydrogen-bond acceptors (Lipinski definition) is 6.